The van der Waals surface area contributed by atoms with E-state index < -0.39 is 0 Å². The van der Waals surface area contributed by atoms with E-state index >= 15 is 0 Å². The Kier molecular flexibility index (Phi) is 3.88. The van der Waals surface area contributed by atoms with Crippen LogP contribution in [-0.4, -0.2) is 4.57 Å². The minimum absolute atomic E-state index is 0.0118. The van der Waals surface area contributed by atoms with Crippen molar-refractivity contribution >= 4 is 22.7 Å². The predicted octanol–water partition coefficient (Wildman–Crippen LogP) is 4.47. The molecule has 0 spiro atoms. The van der Waals surface area contributed by atoms with Gasteiger partial charge in [0.1, 0.15) is 0 Å². The van der Waals surface area contributed by atoms with Crippen LogP contribution >= 0.6 is 11.6 Å². The van der Waals surface area contributed by atoms with Crippen molar-refractivity contribution in [3.05, 3.63) is 34.3 Å². The van der Waals surface area contributed by atoms with Crippen molar-refractivity contribution in [3.8, 4) is 0 Å². The first-order valence-corrected chi connectivity index (χ1v) is 7.90. The molecule has 1 aliphatic carbocycles. The summed E-state index contributed by atoms with van der Waals surface area (Å²) >= 11 is 6.54. The monoisotopic (exact) mass is 293 g/mol. The van der Waals surface area contributed by atoms with Gasteiger partial charge in [-0.3, -0.25) is 4.57 Å². The van der Waals surface area contributed by atoms with Crippen LogP contribution in [0.5, 0.6) is 0 Å². The maximum absolute atomic E-state index is 11.7. The van der Waals surface area contributed by atoms with Crippen molar-refractivity contribution in [2.45, 2.75) is 50.9 Å². The SMILES string of the molecule is CCn1c(=O)oc2cc(C(Cl)CC3CCCC3)ccc21. The molecule has 3 rings (SSSR count). The van der Waals surface area contributed by atoms with Crippen LogP contribution in [0.15, 0.2) is 27.4 Å². The Morgan fingerprint density at radius 3 is 2.85 bits per heavy atom. The van der Waals surface area contributed by atoms with E-state index in [-0.39, 0.29) is 11.1 Å². The molecule has 0 saturated heterocycles. The van der Waals surface area contributed by atoms with E-state index in [1.54, 1.807) is 4.57 Å². The van der Waals surface area contributed by atoms with Crippen molar-refractivity contribution < 1.29 is 4.42 Å². The van der Waals surface area contributed by atoms with Crippen molar-refractivity contribution in [3.63, 3.8) is 0 Å². The summed E-state index contributed by atoms with van der Waals surface area (Å²) in [5.41, 5.74) is 2.56. The molecule has 4 heteroatoms. The number of aromatic nitrogens is 1. The maximum atomic E-state index is 11.7. The number of hydrogen-bond donors (Lipinski definition) is 0. The lowest BCUT2D eigenvalue weighted by Crippen LogP contribution is -2.11. The third kappa shape index (κ3) is 2.51. The zero-order valence-corrected chi connectivity index (χ0v) is 12.5. The van der Waals surface area contributed by atoms with Gasteiger partial charge < -0.3 is 4.42 Å². The van der Waals surface area contributed by atoms with Gasteiger partial charge in [0.05, 0.1) is 10.9 Å². The van der Waals surface area contributed by atoms with Gasteiger partial charge in [-0.25, -0.2) is 4.79 Å². The molecule has 0 radical (unpaired) electrons. The second kappa shape index (κ2) is 5.65. The fourth-order valence-electron chi connectivity index (χ4n) is 3.25. The zero-order valence-electron chi connectivity index (χ0n) is 11.8. The number of rotatable bonds is 4. The minimum Gasteiger partial charge on any atom is -0.408 e. The number of aryl methyl sites for hydroxylation is 1. The van der Waals surface area contributed by atoms with Crippen molar-refractivity contribution in [1.82, 2.24) is 4.57 Å². The van der Waals surface area contributed by atoms with Gasteiger partial charge in [0.25, 0.3) is 0 Å². The Labute approximate surface area is 123 Å². The molecule has 1 aromatic heterocycles. The van der Waals surface area contributed by atoms with Crippen LogP contribution < -0.4 is 5.76 Å². The number of alkyl halides is 1. The molecule has 2 aromatic rings. The third-order valence-corrected chi connectivity index (χ3v) is 4.82. The highest BCUT2D eigenvalue weighted by Crippen LogP contribution is 2.36. The number of nitrogens with zero attached hydrogens (tertiary/aromatic N) is 1. The molecule has 1 aliphatic rings. The Morgan fingerprint density at radius 2 is 2.15 bits per heavy atom. The molecule has 0 amide bonds. The van der Waals surface area contributed by atoms with Crippen LogP contribution in [0.2, 0.25) is 0 Å². The third-order valence-electron chi connectivity index (χ3n) is 4.39. The molecular formula is C16H20ClNO2. The summed E-state index contributed by atoms with van der Waals surface area (Å²) in [5, 5.41) is 0.0118. The molecule has 108 valence electrons. The predicted molar refractivity (Wildman–Crippen MR) is 81.3 cm³/mol. The minimum atomic E-state index is -0.290. The van der Waals surface area contributed by atoms with Gasteiger partial charge >= 0.3 is 5.76 Å². The highest BCUT2D eigenvalue weighted by molar-refractivity contribution is 6.20. The fourth-order valence-corrected chi connectivity index (χ4v) is 3.64. The molecule has 0 N–H and O–H groups in total. The van der Waals surface area contributed by atoms with Crippen LogP contribution in [-0.2, 0) is 6.54 Å². The van der Waals surface area contributed by atoms with E-state index in [9.17, 15) is 4.79 Å². The smallest absolute Gasteiger partial charge is 0.408 e. The van der Waals surface area contributed by atoms with Crippen LogP contribution in [0.1, 0.15) is 50.0 Å². The first-order valence-electron chi connectivity index (χ1n) is 7.46. The van der Waals surface area contributed by atoms with Crippen molar-refractivity contribution in [2.24, 2.45) is 5.92 Å². The Bertz CT molecular complexity index is 652. The molecule has 0 aliphatic heterocycles. The molecule has 1 aromatic carbocycles. The lowest BCUT2D eigenvalue weighted by Gasteiger charge is -2.14. The molecule has 1 saturated carbocycles. The van der Waals surface area contributed by atoms with Gasteiger partial charge in [-0.05, 0) is 37.0 Å². The molecule has 1 heterocycles. The van der Waals surface area contributed by atoms with Gasteiger partial charge in [0.15, 0.2) is 5.58 Å². The topological polar surface area (TPSA) is 35.1 Å². The summed E-state index contributed by atoms with van der Waals surface area (Å²) in [6.45, 7) is 2.56. The van der Waals surface area contributed by atoms with E-state index in [0.717, 1.165) is 23.4 Å². The number of fused-ring (bicyclic) bond motifs is 1. The highest BCUT2D eigenvalue weighted by Gasteiger charge is 2.20. The van der Waals surface area contributed by atoms with Gasteiger partial charge in [-0.15, -0.1) is 11.6 Å². The second-order valence-corrected chi connectivity index (χ2v) is 6.22. The maximum Gasteiger partial charge on any atom is 0.419 e. The number of benzene rings is 1. The molecule has 20 heavy (non-hydrogen) atoms. The van der Waals surface area contributed by atoms with Crippen LogP contribution in [0.25, 0.3) is 11.1 Å². The molecular weight excluding hydrogens is 274 g/mol. The largest absolute Gasteiger partial charge is 0.419 e. The van der Waals surface area contributed by atoms with E-state index in [1.165, 1.54) is 25.7 Å². The second-order valence-electron chi connectivity index (χ2n) is 5.69. The van der Waals surface area contributed by atoms with E-state index in [0.29, 0.717) is 12.1 Å². The Hall–Kier alpha value is -1.22. The van der Waals surface area contributed by atoms with Crippen molar-refractivity contribution in [1.29, 1.82) is 0 Å². The first-order chi connectivity index (χ1) is 9.69. The lowest BCUT2D eigenvalue weighted by molar-refractivity contribution is 0.495. The lowest BCUT2D eigenvalue weighted by atomic mass is 9.97. The summed E-state index contributed by atoms with van der Waals surface area (Å²) in [5.74, 6) is 0.460. The average molecular weight is 294 g/mol. The van der Waals surface area contributed by atoms with Crippen LogP contribution in [0.4, 0.5) is 0 Å². The molecule has 1 atom stereocenters. The standard InChI is InChI=1S/C16H20ClNO2/c1-2-18-14-8-7-12(10-15(14)20-16(18)19)13(17)9-11-5-3-4-6-11/h7-8,10-11,13H,2-6,9H2,1H3. The molecule has 0 bridgehead atoms. The van der Waals surface area contributed by atoms with E-state index in [1.807, 2.05) is 25.1 Å². The summed E-state index contributed by atoms with van der Waals surface area (Å²) < 4.78 is 6.94. The Morgan fingerprint density at radius 1 is 1.40 bits per heavy atom. The molecule has 3 nitrogen and oxygen atoms in total. The number of oxazole rings is 1. The first kappa shape index (κ1) is 13.7. The van der Waals surface area contributed by atoms with Crippen LogP contribution in [0.3, 0.4) is 0 Å². The summed E-state index contributed by atoms with van der Waals surface area (Å²) in [4.78, 5) is 11.7. The fraction of sp³-hybridized carbons (Fsp3) is 0.562. The zero-order chi connectivity index (χ0) is 14.1. The Balaban J connectivity index is 1.86. The molecule has 1 unspecified atom stereocenters. The van der Waals surface area contributed by atoms with Gasteiger partial charge in [0.2, 0.25) is 0 Å². The van der Waals surface area contributed by atoms with E-state index in [2.05, 4.69) is 0 Å². The van der Waals surface area contributed by atoms with Gasteiger partial charge in [-0.2, -0.15) is 0 Å². The van der Waals surface area contributed by atoms with Gasteiger partial charge in [-0.1, -0.05) is 31.7 Å². The summed E-state index contributed by atoms with van der Waals surface area (Å²) in [7, 11) is 0. The molecule has 1 fully saturated rings. The van der Waals surface area contributed by atoms with Crippen LogP contribution in [0, 0.1) is 5.92 Å². The quantitative estimate of drug-likeness (QED) is 0.779. The summed E-state index contributed by atoms with van der Waals surface area (Å²) in [6, 6.07) is 5.90. The summed E-state index contributed by atoms with van der Waals surface area (Å²) in [6.07, 6.45) is 6.29. The average Bonchev–Trinajstić information content (AvgIpc) is 3.04. The van der Waals surface area contributed by atoms with E-state index in [4.69, 9.17) is 16.0 Å². The van der Waals surface area contributed by atoms with Crippen molar-refractivity contribution in [2.75, 3.05) is 0 Å². The highest BCUT2D eigenvalue weighted by atomic mass is 35.5. The number of halogens is 1. The van der Waals surface area contributed by atoms with Gasteiger partial charge in [0, 0.05) is 6.54 Å². The number of hydrogen-bond acceptors (Lipinski definition) is 2. The normalized spacial score (nSPS) is 17.9.